The van der Waals surface area contributed by atoms with Crippen molar-refractivity contribution >= 4 is 0 Å². The summed E-state index contributed by atoms with van der Waals surface area (Å²) in [5.74, 6) is 0.897. The van der Waals surface area contributed by atoms with Gasteiger partial charge in [0.25, 0.3) is 0 Å². The lowest BCUT2D eigenvalue weighted by Crippen LogP contribution is -2.02. The molecule has 2 rings (SSSR count). The summed E-state index contributed by atoms with van der Waals surface area (Å²) in [6.07, 6.45) is 2.67. The summed E-state index contributed by atoms with van der Waals surface area (Å²) in [5, 5.41) is 7.10. The second-order valence-corrected chi connectivity index (χ2v) is 3.99. The minimum absolute atomic E-state index is 0.627. The summed E-state index contributed by atoms with van der Waals surface area (Å²) >= 11 is 0. The highest BCUT2D eigenvalue weighted by Crippen LogP contribution is 2.26. The molecule has 0 fully saturated rings. The summed E-state index contributed by atoms with van der Waals surface area (Å²) in [6, 6.07) is 6.09. The largest absolute Gasteiger partial charge is 0.496 e. The second-order valence-electron chi connectivity index (χ2n) is 3.99. The molecule has 0 aliphatic rings. The number of nitrogens with two attached hydrogens (primary N) is 1. The van der Waals surface area contributed by atoms with Gasteiger partial charge >= 0.3 is 0 Å². The number of aryl methyl sites for hydroxylation is 1. The minimum atomic E-state index is 0.627. The van der Waals surface area contributed by atoms with Crippen molar-refractivity contribution in [3.05, 3.63) is 35.5 Å². The van der Waals surface area contributed by atoms with Crippen LogP contribution in [0.5, 0.6) is 5.75 Å². The Bertz CT molecular complexity index is 505. The third-order valence-corrected chi connectivity index (χ3v) is 2.82. The lowest BCUT2D eigenvalue weighted by molar-refractivity contribution is 0.412. The minimum Gasteiger partial charge on any atom is -0.496 e. The Kier molecular flexibility index (Phi) is 3.44. The van der Waals surface area contributed by atoms with Gasteiger partial charge in [0.05, 0.1) is 19.0 Å². The first-order chi connectivity index (χ1) is 8.26. The number of methoxy groups -OCH3 is 1. The molecule has 2 aromatic rings. The Labute approximate surface area is 101 Å². The molecule has 4 nitrogen and oxygen atoms in total. The second kappa shape index (κ2) is 5.01. The van der Waals surface area contributed by atoms with Gasteiger partial charge in [-0.3, -0.25) is 5.10 Å². The quantitative estimate of drug-likeness (QED) is 0.844. The zero-order chi connectivity index (χ0) is 12.3. The first-order valence-electron chi connectivity index (χ1n) is 5.63. The molecule has 1 aromatic heterocycles. The average molecular weight is 231 g/mol. The molecule has 3 N–H and O–H groups in total. The first kappa shape index (κ1) is 11.7. The maximum absolute atomic E-state index is 5.58. The monoisotopic (exact) mass is 231 g/mol. The highest BCUT2D eigenvalue weighted by atomic mass is 16.5. The molecule has 0 atom stereocenters. The van der Waals surface area contributed by atoms with E-state index in [-0.39, 0.29) is 0 Å². The Morgan fingerprint density at radius 2 is 2.24 bits per heavy atom. The van der Waals surface area contributed by atoms with Crippen molar-refractivity contribution in [1.82, 2.24) is 10.2 Å². The van der Waals surface area contributed by atoms with Gasteiger partial charge in [-0.1, -0.05) is 0 Å². The number of aromatic amines is 1. The van der Waals surface area contributed by atoms with Gasteiger partial charge in [0.1, 0.15) is 5.75 Å². The van der Waals surface area contributed by atoms with Crippen LogP contribution in [0, 0.1) is 6.92 Å². The molecule has 17 heavy (non-hydrogen) atoms. The molecule has 0 unspecified atom stereocenters. The molecule has 1 heterocycles. The number of ether oxygens (including phenoxy) is 1. The number of nitrogens with zero attached hydrogens (tertiary/aromatic N) is 1. The highest BCUT2D eigenvalue weighted by Gasteiger charge is 2.08. The van der Waals surface area contributed by atoms with E-state index in [1.54, 1.807) is 7.11 Å². The van der Waals surface area contributed by atoms with Gasteiger partial charge in [-0.25, -0.2) is 0 Å². The third kappa shape index (κ3) is 2.31. The number of H-pyrrole nitrogens is 1. The van der Waals surface area contributed by atoms with Crippen molar-refractivity contribution in [3.8, 4) is 17.0 Å². The van der Waals surface area contributed by atoms with Crippen LogP contribution in [0.4, 0.5) is 0 Å². The predicted molar refractivity (Wildman–Crippen MR) is 68.1 cm³/mol. The Balaban J connectivity index is 2.39. The lowest BCUT2D eigenvalue weighted by Gasteiger charge is -2.07. The van der Waals surface area contributed by atoms with E-state index in [1.165, 1.54) is 0 Å². The molecule has 0 saturated heterocycles. The van der Waals surface area contributed by atoms with Crippen LogP contribution in [0.3, 0.4) is 0 Å². The molecule has 90 valence electrons. The van der Waals surface area contributed by atoms with Crippen LogP contribution in [0.15, 0.2) is 24.4 Å². The molecular formula is C13H17N3O. The molecule has 4 heteroatoms. The van der Waals surface area contributed by atoms with Crippen LogP contribution in [0.25, 0.3) is 11.3 Å². The van der Waals surface area contributed by atoms with Crippen molar-refractivity contribution in [2.24, 2.45) is 5.73 Å². The number of aromatic nitrogens is 2. The number of nitrogens with one attached hydrogen (secondary N) is 1. The van der Waals surface area contributed by atoms with Gasteiger partial charge < -0.3 is 10.5 Å². The van der Waals surface area contributed by atoms with Gasteiger partial charge in [-0.05, 0) is 49.2 Å². The maximum atomic E-state index is 5.58. The Hall–Kier alpha value is -1.81. The van der Waals surface area contributed by atoms with Crippen molar-refractivity contribution < 1.29 is 4.74 Å². The molecule has 0 radical (unpaired) electrons. The first-order valence-corrected chi connectivity index (χ1v) is 5.63. The van der Waals surface area contributed by atoms with Crippen molar-refractivity contribution in [1.29, 1.82) is 0 Å². The highest BCUT2D eigenvalue weighted by molar-refractivity contribution is 5.65. The summed E-state index contributed by atoms with van der Waals surface area (Å²) in [4.78, 5) is 0. The maximum Gasteiger partial charge on any atom is 0.121 e. The predicted octanol–water partition coefficient (Wildman–Crippen LogP) is 1.89. The molecule has 0 spiro atoms. The number of benzene rings is 1. The molecular weight excluding hydrogens is 214 g/mol. The van der Waals surface area contributed by atoms with Crippen LogP contribution in [0.1, 0.15) is 11.1 Å². The van der Waals surface area contributed by atoms with E-state index in [2.05, 4.69) is 16.3 Å². The van der Waals surface area contributed by atoms with E-state index in [1.807, 2.05) is 25.3 Å². The summed E-state index contributed by atoms with van der Waals surface area (Å²) in [6.45, 7) is 2.66. The molecule has 0 amide bonds. The van der Waals surface area contributed by atoms with E-state index < -0.39 is 0 Å². The fourth-order valence-electron chi connectivity index (χ4n) is 1.94. The fraction of sp³-hybridized carbons (Fsp3) is 0.308. The van der Waals surface area contributed by atoms with E-state index in [4.69, 9.17) is 10.5 Å². The van der Waals surface area contributed by atoms with E-state index in [0.717, 1.165) is 34.6 Å². The molecule has 0 saturated carbocycles. The smallest absolute Gasteiger partial charge is 0.121 e. The van der Waals surface area contributed by atoms with Gasteiger partial charge in [0.2, 0.25) is 0 Å². The summed E-state index contributed by atoms with van der Waals surface area (Å²) in [5.41, 5.74) is 10.00. The topological polar surface area (TPSA) is 63.9 Å². The van der Waals surface area contributed by atoms with Gasteiger partial charge in [0.15, 0.2) is 0 Å². The average Bonchev–Trinajstić information content (AvgIpc) is 2.78. The molecule has 0 aliphatic carbocycles. The molecule has 0 bridgehead atoms. The lowest BCUT2D eigenvalue weighted by atomic mass is 10.0. The van der Waals surface area contributed by atoms with Crippen LogP contribution < -0.4 is 10.5 Å². The summed E-state index contributed by atoms with van der Waals surface area (Å²) in [7, 11) is 1.68. The summed E-state index contributed by atoms with van der Waals surface area (Å²) < 4.78 is 5.25. The SMILES string of the molecule is COc1ccc(-c2[nH]ncc2CCN)cc1C. The third-order valence-electron chi connectivity index (χ3n) is 2.82. The van der Waals surface area contributed by atoms with Gasteiger partial charge in [0, 0.05) is 5.56 Å². The van der Waals surface area contributed by atoms with Crippen LogP contribution >= 0.6 is 0 Å². The Morgan fingerprint density at radius 1 is 1.41 bits per heavy atom. The zero-order valence-corrected chi connectivity index (χ0v) is 10.2. The van der Waals surface area contributed by atoms with Crippen LogP contribution in [0.2, 0.25) is 0 Å². The van der Waals surface area contributed by atoms with Crippen molar-refractivity contribution in [2.75, 3.05) is 13.7 Å². The number of rotatable bonds is 4. The van der Waals surface area contributed by atoms with Crippen molar-refractivity contribution in [3.63, 3.8) is 0 Å². The normalized spacial score (nSPS) is 10.5. The zero-order valence-electron chi connectivity index (χ0n) is 10.2. The number of hydrogen-bond acceptors (Lipinski definition) is 3. The van der Waals surface area contributed by atoms with Crippen LogP contribution in [-0.4, -0.2) is 23.9 Å². The Morgan fingerprint density at radius 3 is 2.88 bits per heavy atom. The van der Waals surface area contributed by atoms with E-state index >= 15 is 0 Å². The standard InChI is InChI=1S/C13H17N3O/c1-9-7-10(3-4-12(9)17-2)13-11(5-6-14)8-15-16-13/h3-4,7-8H,5-6,14H2,1-2H3,(H,15,16). The van der Waals surface area contributed by atoms with Gasteiger partial charge in [-0.15, -0.1) is 0 Å². The number of hydrogen-bond donors (Lipinski definition) is 2. The van der Waals surface area contributed by atoms with Crippen molar-refractivity contribution in [2.45, 2.75) is 13.3 Å². The van der Waals surface area contributed by atoms with E-state index in [9.17, 15) is 0 Å². The fourth-order valence-corrected chi connectivity index (χ4v) is 1.94. The van der Waals surface area contributed by atoms with E-state index in [0.29, 0.717) is 6.54 Å². The van der Waals surface area contributed by atoms with Gasteiger partial charge in [-0.2, -0.15) is 5.10 Å². The van der Waals surface area contributed by atoms with Crippen LogP contribution in [-0.2, 0) is 6.42 Å². The molecule has 0 aliphatic heterocycles. The molecule has 1 aromatic carbocycles.